The lowest BCUT2D eigenvalue weighted by Crippen LogP contribution is -2.09. The second-order valence-corrected chi connectivity index (χ2v) is 7.65. The van der Waals surface area contributed by atoms with Gasteiger partial charge in [-0.1, -0.05) is 36.4 Å². The van der Waals surface area contributed by atoms with Gasteiger partial charge >= 0.3 is 5.97 Å². The Morgan fingerprint density at radius 3 is 2.77 bits per heavy atom. The number of nitrogens with zero attached hydrogens (tertiary/aromatic N) is 1. The summed E-state index contributed by atoms with van der Waals surface area (Å²) in [4.78, 5) is 15.6. The Morgan fingerprint density at radius 2 is 1.93 bits per heavy atom. The third-order valence-electron chi connectivity index (χ3n) is 5.50. The third kappa shape index (κ3) is 4.98. The van der Waals surface area contributed by atoms with Crippen LogP contribution < -0.4 is 10.1 Å². The van der Waals surface area contributed by atoms with Gasteiger partial charge in [0.05, 0.1) is 13.0 Å². The number of aliphatic carboxylic acids is 1. The second-order valence-electron chi connectivity index (χ2n) is 7.65. The zero-order valence-corrected chi connectivity index (χ0v) is 16.9. The molecule has 3 aromatic rings. The molecule has 1 aliphatic rings. The first kappa shape index (κ1) is 20.0. The minimum absolute atomic E-state index is 0.00406. The van der Waals surface area contributed by atoms with Crippen LogP contribution in [0.3, 0.4) is 0 Å². The molecule has 5 heteroatoms. The first-order valence-corrected chi connectivity index (χ1v) is 10.4. The topological polar surface area (TPSA) is 71.5 Å². The number of rotatable bonds is 8. The average molecular weight is 402 g/mol. The molecule has 0 aliphatic heterocycles. The van der Waals surface area contributed by atoms with Crippen molar-refractivity contribution in [3.05, 3.63) is 89.1 Å². The molecule has 0 saturated carbocycles. The fraction of sp³-hybridized carbons (Fsp3) is 0.280. The molecular formula is C25H26N2O3. The Kier molecular flexibility index (Phi) is 6.28. The predicted octanol–water partition coefficient (Wildman–Crippen LogP) is 4.67. The summed E-state index contributed by atoms with van der Waals surface area (Å²) in [7, 11) is 0. The maximum absolute atomic E-state index is 11.4. The number of carboxylic acid groups (broad SMARTS) is 1. The first-order valence-electron chi connectivity index (χ1n) is 10.4. The SMILES string of the molecule is O=C(O)C[C@@H]1Cc2ccc(OCCCNc3ccccn3)cc2Cc2ccccc21. The molecule has 2 aromatic carbocycles. The number of hydrogen-bond acceptors (Lipinski definition) is 4. The summed E-state index contributed by atoms with van der Waals surface area (Å²) in [6.07, 6.45) is 4.34. The molecule has 0 spiro atoms. The van der Waals surface area contributed by atoms with Crippen LogP contribution in [0.4, 0.5) is 5.82 Å². The molecule has 0 bridgehead atoms. The molecule has 0 unspecified atom stereocenters. The summed E-state index contributed by atoms with van der Waals surface area (Å²) in [6.45, 7) is 1.42. The van der Waals surface area contributed by atoms with Crippen LogP contribution in [-0.2, 0) is 17.6 Å². The second kappa shape index (κ2) is 9.44. The molecule has 1 atom stereocenters. The highest BCUT2D eigenvalue weighted by molar-refractivity contribution is 5.68. The van der Waals surface area contributed by atoms with Crippen LogP contribution in [0.5, 0.6) is 5.75 Å². The van der Waals surface area contributed by atoms with Crippen molar-refractivity contribution >= 4 is 11.8 Å². The number of pyridine rings is 1. The highest BCUT2D eigenvalue weighted by Crippen LogP contribution is 2.35. The van der Waals surface area contributed by atoms with Gasteiger partial charge in [0.1, 0.15) is 11.6 Å². The molecule has 30 heavy (non-hydrogen) atoms. The summed E-state index contributed by atoms with van der Waals surface area (Å²) in [5, 5.41) is 12.6. The highest BCUT2D eigenvalue weighted by Gasteiger charge is 2.24. The maximum atomic E-state index is 11.4. The molecule has 5 nitrogen and oxygen atoms in total. The Balaban J connectivity index is 1.40. The number of aromatic nitrogens is 1. The number of anilines is 1. The fourth-order valence-electron chi connectivity index (χ4n) is 4.07. The van der Waals surface area contributed by atoms with E-state index in [0.717, 1.165) is 42.9 Å². The van der Waals surface area contributed by atoms with Crippen LogP contribution in [0.25, 0.3) is 0 Å². The molecule has 4 rings (SSSR count). The van der Waals surface area contributed by atoms with Crippen LogP contribution in [-0.4, -0.2) is 29.2 Å². The molecule has 0 fully saturated rings. The van der Waals surface area contributed by atoms with Gasteiger partial charge in [0.25, 0.3) is 0 Å². The van der Waals surface area contributed by atoms with E-state index >= 15 is 0 Å². The van der Waals surface area contributed by atoms with Crippen molar-refractivity contribution in [2.75, 3.05) is 18.5 Å². The number of hydrogen-bond donors (Lipinski definition) is 2. The molecule has 154 valence electrons. The predicted molar refractivity (Wildman–Crippen MR) is 117 cm³/mol. The van der Waals surface area contributed by atoms with Crippen molar-refractivity contribution < 1.29 is 14.6 Å². The number of carboxylic acids is 1. The smallest absolute Gasteiger partial charge is 0.303 e. The van der Waals surface area contributed by atoms with E-state index in [1.54, 1.807) is 6.20 Å². The molecule has 1 aliphatic carbocycles. The van der Waals surface area contributed by atoms with E-state index in [-0.39, 0.29) is 12.3 Å². The summed E-state index contributed by atoms with van der Waals surface area (Å²) >= 11 is 0. The summed E-state index contributed by atoms with van der Waals surface area (Å²) in [6, 6.07) is 20.2. The van der Waals surface area contributed by atoms with Crippen LogP contribution in [0.15, 0.2) is 66.9 Å². The van der Waals surface area contributed by atoms with Gasteiger partial charge in [-0.15, -0.1) is 0 Å². The van der Waals surface area contributed by atoms with E-state index in [4.69, 9.17) is 4.74 Å². The van der Waals surface area contributed by atoms with E-state index in [9.17, 15) is 9.90 Å². The monoisotopic (exact) mass is 402 g/mol. The van der Waals surface area contributed by atoms with Gasteiger partial charge in [0.2, 0.25) is 0 Å². The normalized spacial score (nSPS) is 14.9. The number of carbonyl (C=O) groups is 1. The van der Waals surface area contributed by atoms with E-state index < -0.39 is 5.97 Å². The van der Waals surface area contributed by atoms with E-state index in [1.165, 1.54) is 16.7 Å². The molecule has 0 radical (unpaired) electrons. The quantitative estimate of drug-likeness (QED) is 0.536. The van der Waals surface area contributed by atoms with Crippen molar-refractivity contribution in [1.29, 1.82) is 0 Å². The van der Waals surface area contributed by atoms with Gasteiger partial charge in [-0.2, -0.15) is 0 Å². The Morgan fingerprint density at radius 1 is 1.07 bits per heavy atom. The van der Waals surface area contributed by atoms with Crippen molar-refractivity contribution in [3.8, 4) is 5.75 Å². The van der Waals surface area contributed by atoms with Gasteiger partial charge in [-0.05, 0) is 71.7 Å². The summed E-state index contributed by atoms with van der Waals surface area (Å²) < 4.78 is 5.98. The van der Waals surface area contributed by atoms with Gasteiger partial charge in [0.15, 0.2) is 0 Å². The minimum Gasteiger partial charge on any atom is -0.494 e. The zero-order chi connectivity index (χ0) is 20.8. The Labute approximate surface area is 176 Å². The lowest BCUT2D eigenvalue weighted by Gasteiger charge is -2.16. The molecule has 0 amide bonds. The molecule has 1 aromatic heterocycles. The van der Waals surface area contributed by atoms with Gasteiger partial charge < -0.3 is 15.2 Å². The van der Waals surface area contributed by atoms with Gasteiger partial charge in [-0.25, -0.2) is 4.98 Å². The van der Waals surface area contributed by atoms with Crippen molar-refractivity contribution in [3.63, 3.8) is 0 Å². The summed E-state index contributed by atoms with van der Waals surface area (Å²) in [5.41, 5.74) is 4.79. The largest absolute Gasteiger partial charge is 0.494 e. The lowest BCUT2D eigenvalue weighted by molar-refractivity contribution is -0.137. The lowest BCUT2D eigenvalue weighted by atomic mass is 9.89. The number of nitrogens with one attached hydrogen (secondary N) is 1. The summed E-state index contributed by atoms with van der Waals surface area (Å²) in [5.74, 6) is 0.986. The van der Waals surface area contributed by atoms with Crippen LogP contribution in [0.1, 0.15) is 41.0 Å². The third-order valence-corrected chi connectivity index (χ3v) is 5.50. The van der Waals surface area contributed by atoms with Crippen LogP contribution in [0, 0.1) is 0 Å². The van der Waals surface area contributed by atoms with E-state index in [2.05, 4.69) is 34.6 Å². The number of fused-ring (bicyclic) bond motifs is 2. The van der Waals surface area contributed by atoms with Gasteiger partial charge in [0, 0.05) is 12.7 Å². The molecule has 0 saturated heterocycles. The van der Waals surface area contributed by atoms with Gasteiger partial charge in [-0.3, -0.25) is 4.79 Å². The van der Waals surface area contributed by atoms with Crippen molar-refractivity contribution in [2.45, 2.75) is 31.6 Å². The first-order chi connectivity index (χ1) is 14.7. The number of ether oxygens (including phenoxy) is 1. The Bertz CT molecular complexity index is 1000. The van der Waals surface area contributed by atoms with Crippen molar-refractivity contribution in [2.24, 2.45) is 0 Å². The maximum Gasteiger partial charge on any atom is 0.303 e. The van der Waals surface area contributed by atoms with E-state index in [1.807, 2.05) is 36.4 Å². The molecule has 1 heterocycles. The fourth-order valence-corrected chi connectivity index (χ4v) is 4.07. The highest BCUT2D eigenvalue weighted by atomic mass is 16.5. The zero-order valence-electron chi connectivity index (χ0n) is 16.9. The van der Waals surface area contributed by atoms with Crippen LogP contribution >= 0.6 is 0 Å². The number of benzene rings is 2. The van der Waals surface area contributed by atoms with Crippen molar-refractivity contribution in [1.82, 2.24) is 4.98 Å². The average Bonchev–Trinajstić information content (AvgIpc) is 2.90. The van der Waals surface area contributed by atoms with E-state index in [0.29, 0.717) is 6.61 Å². The Hall–Kier alpha value is -3.34. The molecular weight excluding hydrogens is 376 g/mol. The van der Waals surface area contributed by atoms with Crippen LogP contribution in [0.2, 0.25) is 0 Å². The molecule has 2 N–H and O–H groups in total. The minimum atomic E-state index is -0.752. The standard InChI is InChI=1S/C25H26N2O3/c28-25(29)17-21-14-18-9-10-22(16-20(18)15-19-6-1-2-7-23(19)21)30-13-5-12-27-24-8-3-4-11-26-24/h1-4,6-11,16,21H,5,12-15,17H2,(H,26,27)(H,28,29)/t21-/m0/s1.